The molecule has 3 heteroatoms. The van der Waals surface area contributed by atoms with Crippen LogP contribution in [-0.2, 0) is 9.53 Å². The number of carbonyl (C=O) groups excluding carboxylic acids is 1. The molecule has 0 saturated heterocycles. The lowest BCUT2D eigenvalue weighted by atomic mass is 10.3. The van der Waals surface area contributed by atoms with Crippen molar-refractivity contribution in [3.8, 4) is 0 Å². The van der Waals surface area contributed by atoms with Gasteiger partial charge in [0.15, 0.2) is 6.10 Å². The monoisotopic (exact) mass is 125 g/mol. The Morgan fingerprint density at radius 1 is 1.56 bits per heavy atom. The fourth-order valence-corrected chi connectivity index (χ4v) is 0.548. The molecule has 2 N–H and O–H groups in total. The number of hydrogen-bond acceptors (Lipinski definition) is 2. The first kappa shape index (κ1) is 5.88. The highest BCUT2D eigenvalue weighted by Gasteiger charge is 2.11. The molecule has 48 valence electrons. The van der Waals surface area contributed by atoms with Gasteiger partial charge in [0, 0.05) is 0 Å². The Morgan fingerprint density at radius 3 is 2.67 bits per heavy atom. The maximum atomic E-state index is 10.4. The summed E-state index contributed by atoms with van der Waals surface area (Å²) < 4.78 is 4.80. The van der Waals surface area contributed by atoms with Crippen LogP contribution in [0.15, 0.2) is 24.5 Å². The van der Waals surface area contributed by atoms with Crippen LogP contribution >= 0.6 is 0 Å². The van der Waals surface area contributed by atoms with Crippen LogP contribution in [0.2, 0.25) is 0 Å². The van der Waals surface area contributed by atoms with Crippen molar-refractivity contribution in [1.29, 1.82) is 0 Å². The highest BCUT2D eigenvalue weighted by Crippen LogP contribution is 1.99. The maximum absolute atomic E-state index is 10.4. The van der Waals surface area contributed by atoms with Gasteiger partial charge in [0.2, 0.25) is 0 Å². The van der Waals surface area contributed by atoms with E-state index in [-0.39, 0.29) is 0 Å². The highest BCUT2D eigenvalue weighted by molar-refractivity contribution is 5.81. The van der Waals surface area contributed by atoms with Gasteiger partial charge in [0.25, 0.3) is 5.91 Å². The van der Waals surface area contributed by atoms with E-state index in [0.717, 1.165) is 0 Å². The number of amides is 1. The van der Waals surface area contributed by atoms with Gasteiger partial charge in [-0.05, 0) is 12.2 Å². The molecule has 1 aliphatic rings. The van der Waals surface area contributed by atoms with Crippen molar-refractivity contribution in [1.82, 2.24) is 0 Å². The predicted octanol–water partition coefficient (Wildman–Crippen LogP) is -0.0596. The van der Waals surface area contributed by atoms with E-state index in [1.54, 1.807) is 18.2 Å². The molecule has 1 aliphatic heterocycles. The Labute approximate surface area is 52.8 Å². The second-order valence-corrected chi connectivity index (χ2v) is 1.67. The predicted molar refractivity (Wildman–Crippen MR) is 32.3 cm³/mol. The van der Waals surface area contributed by atoms with Crippen LogP contribution in [0.3, 0.4) is 0 Å². The average molecular weight is 125 g/mol. The summed E-state index contributed by atoms with van der Waals surface area (Å²) in [5, 5.41) is 0. The van der Waals surface area contributed by atoms with E-state index in [1.807, 2.05) is 0 Å². The van der Waals surface area contributed by atoms with E-state index >= 15 is 0 Å². The number of allylic oxidation sites excluding steroid dienone is 2. The quantitative estimate of drug-likeness (QED) is 0.533. The van der Waals surface area contributed by atoms with Crippen LogP contribution in [0.25, 0.3) is 0 Å². The first-order valence-electron chi connectivity index (χ1n) is 2.59. The Kier molecular flexibility index (Phi) is 1.53. The third kappa shape index (κ3) is 1.32. The fraction of sp³-hybridized carbons (Fsp3) is 0.167. The lowest BCUT2D eigenvalue weighted by Crippen LogP contribution is -2.28. The van der Waals surface area contributed by atoms with Crippen molar-refractivity contribution in [3.63, 3.8) is 0 Å². The summed E-state index contributed by atoms with van der Waals surface area (Å²) in [5.41, 5.74) is 4.92. The van der Waals surface area contributed by atoms with Crippen molar-refractivity contribution in [2.75, 3.05) is 0 Å². The minimum atomic E-state index is -0.574. The van der Waals surface area contributed by atoms with Crippen LogP contribution in [0, 0.1) is 0 Å². The molecule has 1 amide bonds. The average Bonchev–Trinajstić information content (AvgIpc) is 1.90. The molecule has 3 nitrogen and oxygen atoms in total. The van der Waals surface area contributed by atoms with Crippen molar-refractivity contribution < 1.29 is 9.53 Å². The summed E-state index contributed by atoms with van der Waals surface area (Å²) in [4.78, 5) is 10.4. The molecule has 0 bridgehead atoms. The first-order valence-corrected chi connectivity index (χ1v) is 2.59. The minimum absolute atomic E-state index is 0.462. The number of hydrogen-bond donors (Lipinski definition) is 1. The smallest absolute Gasteiger partial charge is 0.262 e. The molecule has 0 aromatic carbocycles. The summed E-state index contributed by atoms with van der Waals surface area (Å²) in [6.45, 7) is 0. The topological polar surface area (TPSA) is 52.3 Å². The summed E-state index contributed by atoms with van der Waals surface area (Å²) in [5.74, 6) is -0.462. The fourth-order valence-electron chi connectivity index (χ4n) is 0.548. The van der Waals surface area contributed by atoms with E-state index in [1.165, 1.54) is 6.26 Å². The molecule has 0 fully saturated rings. The number of ether oxygens (including phenoxy) is 1. The largest absolute Gasteiger partial charge is 0.484 e. The molecule has 0 aromatic rings. The Morgan fingerprint density at radius 2 is 2.33 bits per heavy atom. The van der Waals surface area contributed by atoms with Gasteiger partial charge in [-0.25, -0.2) is 0 Å². The molecule has 0 spiro atoms. The Hall–Kier alpha value is -1.25. The lowest BCUT2D eigenvalue weighted by Gasteiger charge is -2.09. The first-order chi connectivity index (χ1) is 4.30. The molecule has 0 radical (unpaired) electrons. The summed E-state index contributed by atoms with van der Waals surface area (Å²) in [6, 6.07) is 0. The second-order valence-electron chi connectivity index (χ2n) is 1.67. The van der Waals surface area contributed by atoms with Crippen LogP contribution in [0.5, 0.6) is 0 Å². The van der Waals surface area contributed by atoms with Crippen molar-refractivity contribution in [2.24, 2.45) is 5.73 Å². The number of primary amides is 1. The van der Waals surface area contributed by atoms with Crippen molar-refractivity contribution in [2.45, 2.75) is 6.10 Å². The zero-order valence-electron chi connectivity index (χ0n) is 4.78. The molecule has 1 heterocycles. The van der Waals surface area contributed by atoms with E-state index in [0.29, 0.717) is 0 Å². The third-order valence-electron chi connectivity index (χ3n) is 0.981. The van der Waals surface area contributed by atoms with E-state index in [4.69, 9.17) is 10.5 Å². The Balaban J connectivity index is 2.56. The standard InChI is InChI=1S/C6H7NO2/c7-6(8)5-3-1-2-4-9-5/h1-5H,(H2,7,8)/t5-/m0/s1. The molecule has 1 rings (SSSR count). The summed E-state index contributed by atoms with van der Waals surface area (Å²) >= 11 is 0. The maximum Gasteiger partial charge on any atom is 0.262 e. The van der Waals surface area contributed by atoms with Gasteiger partial charge in [-0.3, -0.25) is 4.79 Å². The Bertz CT molecular complexity index is 172. The van der Waals surface area contributed by atoms with Gasteiger partial charge in [0.05, 0.1) is 6.26 Å². The highest BCUT2D eigenvalue weighted by atomic mass is 16.5. The molecule has 0 aromatic heterocycles. The van der Waals surface area contributed by atoms with Crippen LogP contribution in [-0.4, -0.2) is 12.0 Å². The molecular weight excluding hydrogens is 118 g/mol. The number of carbonyl (C=O) groups is 1. The van der Waals surface area contributed by atoms with Gasteiger partial charge in [-0.15, -0.1) is 0 Å². The van der Waals surface area contributed by atoms with E-state index < -0.39 is 12.0 Å². The van der Waals surface area contributed by atoms with Gasteiger partial charge < -0.3 is 10.5 Å². The van der Waals surface area contributed by atoms with Gasteiger partial charge in [0.1, 0.15) is 0 Å². The molecule has 1 atom stereocenters. The van der Waals surface area contributed by atoms with Gasteiger partial charge in [-0.1, -0.05) is 6.08 Å². The van der Waals surface area contributed by atoms with Crippen LogP contribution < -0.4 is 5.73 Å². The van der Waals surface area contributed by atoms with Crippen LogP contribution in [0.4, 0.5) is 0 Å². The van der Waals surface area contributed by atoms with E-state index in [2.05, 4.69) is 0 Å². The molecule has 0 saturated carbocycles. The number of nitrogens with two attached hydrogens (primary N) is 1. The molecular formula is C6H7NO2. The zero-order valence-corrected chi connectivity index (χ0v) is 4.78. The molecule has 0 unspecified atom stereocenters. The molecule has 9 heavy (non-hydrogen) atoms. The normalized spacial score (nSPS) is 23.3. The lowest BCUT2D eigenvalue weighted by molar-refractivity contribution is -0.124. The summed E-state index contributed by atoms with van der Waals surface area (Å²) in [6.07, 6.45) is 5.88. The van der Waals surface area contributed by atoms with Gasteiger partial charge in [-0.2, -0.15) is 0 Å². The zero-order chi connectivity index (χ0) is 6.69. The van der Waals surface area contributed by atoms with Crippen LogP contribution in [0.1, 0.15) is 0 Å². The summed E-state index contributed by atoms with van der Waals surface area (Å²) in [7, 11) is 0. The van der Waals surface area contributed by atoms with Crippen molar-refractivity contribution in [3.05, 3.63) is 24.5 Å². The van der Waals surface area contributed by atoms with E-state index in [9.17, 15) is 4.79 Å². The van der Waals surface area contributed by atoms with Crippen molar-refractivity contribution >= 4 is 5.91 Å². The third-order valence-corrected chi connectivity index (χ3v) is 0.981. The number of rotatable bonds is 1. The van der Waals surface area contributed by atoms with Gasteiger partial charge >= 0.3 is 0 Å². The SMILES string of the molecule is NC(=O)[C@@H]1C=CC=CO1. The second kappa shape index (κ2) is 2.35. The molecule has 0 aliphatic carbocycles. The minimum Gasteiger partial charge on any atom is -0.484 e.